The molecule has 1 amide bonds. The van der Waals surface area contributed by atoms with Crippen LogP contribution in [0.4, 0.5) is 0 Å². The van der Waals surface area contributed by atoms with Crippen molar-refractivity contribution in [3.63, 3.8) is 0 Å². The van der Waals surface area contributed by atoms with Crippen LogP contribution in [0.5, 0.6) is 0 Å². The van der Waals surface area contributed by atoms with Crippen LogP contribution in [-0.2, 0) is 4.79 Å². The molecule has 0 spiro atoms. The maximum Gasteiger partial charge on any atom is 0.225 e. The first-order valence-corrected chi connectivity index (χ1v) is 6.25. The van der Waals surface area contributed by atoms with Gasteiger partial charge in [-0.15, -0.1) is 0 Å². The summed E-state index contributed by atoms with van der Waals surface area (Å²) < 4.78 is 0. The van der Waals surface area contributed by atoms with Crippen molar-refractivity contribution in [1.82, 2.24) is 9.80 Å². The second kappa shape index (κ2) is 4.97. The highest BCUT2D eigenvalue weighted by molar-refractivity contribution is 5.79. The van der Waals surface area contributed by atoms with Crippen molar-refractivity contribution in [3.8, 4) is 0 Å². The van der Waals surface area contributed by atoms with E-state index < -0.39 is 0 Å². The average molecular weight is 210 g/mol. The van der Waals surface area contributed by atoms with Gasteiger partial charge in [-0.25, -0.2) is 0 Å². The minimum Gasteiger partial charge on any atom is -0.342 e. The lowest BCUT2D eigenvalue weighted by atomic mass is 9.95. The predicted molar refractivity (Wildman–Crippen MR) is 60.7 cm³/mol. The summed E-state index contributed by atoms with van der Waals surface area (Å²) in [6, 6.07) is 0. The Kier molecular flexibility index (Phi) is 3.62. The molecule has 0 aromatic carbocycles. The number of carbonyl (C=O) groups is 1. The van der Waals surface area contributed by atoms with E-state index in [9.17, 15) is 4.79 Å². The van der Waals surface area contributed by atoms with Gasteiger partial charge >= 0.3 is 0 Å². The molecule has 2 aliphatic rings. The van der Waals surface area contributed by atoms with Crippen molar-refractivity contribution in [1.29, 1.82) is 0 Å². The van der Waals surface area contributed by atoms with Gasteiger partial charge in [0.1, 0.15) is 0 Å². The summed E-state index contributed by atoms with van der Waals surface area (Å²) in [5.41, 5.74) is 0. The summed E-state index contributed by atoms with van der Waals surface area (Å²) in [5, 5.41) is 0. The molecule has 2 saturated heterocycles. The van der Waals surface area contributed by atoms with Crippen molar-refractivity contribution < 1.29 is 4.79 Å². The number of rotatable bonds is 1. The summed E-state index contributed by atoms with van der Waals surface area (Å²) in [6.07, 6.45) is 5.84. The summed E-state index contributed by atoms with van der Waals surface area (Å²) in [6.45, 7) is 4.19. The molecule has 0 aromatic rings. The SMILES string of the molecule is CN1CCC(C(=O)N2CCCCC2)CC1. The normalized spacial score (nSPS) is 25.5. The smallest absolute Gasteiger partial charge is 0.225 e. The third-order valence-corrected chi connectivity index (χ3v) is 3.74. The molecule has 3 heteroatoms. The quantitative estimate of drug-likeness (QED) is 0.652. The van der Waals surface area contributed by atoms with Crippen LogP contribution >= 0.6 is 0 Å². The van der Waals surface area contributed by atoms with Gasteiger partial charge in [0.05, 0.1) is 0 Å². The molecule has 0 atom stereocenters. The second-order valence-corrected chi connectivity index (χ2v) is 4.96. The van der Waals surface area contributed by atoms with Gasteiger partial charge in [0.2, 0.25) is 5.91 Å². The molecule has 0 N–H and O–H groups in total. The standard InChI is InChI=1S/C12H22N2O/c1-13-9-5-11(6-10-13)12(15)14-7-3-2-4-8-14/h11H,2-10H2,1H3. The Labute approximate surface area is 92.4 Å². The molecule has 0 saturated carbocycles. The van der Waals surface area contributed by atoms with E-state index in [2.05, 4.69) is 16.8 Å². The highest BCUT2D eigenvalue weighted by atomic mass is 16.2. The molecule has 3 nitrogen and oxygen atoms in total. The zero-order chi connectivity index (χ0) is 10.7. The van der Waals surface area contributed by atoms with E-state index in [1.54, 1.807) is 0 Å². The molecule has 0 aromatic heterocycles. The van der Waals surface area contributed by atoms with E-state index in [0.717, 1.165) is 39.0 Å². The molecule has 15 heavy (non-hydrogen) atoms. The van der Waals surface area contributed by atoms with Crippen LogP contribution in [-0.4, -0.2) is 48.9 Å². The minimum absolute atomic E-state index is 0.319. The zero-order valence-electron chi connectivity index (χ0n) is 9.74. The molecule has 0 radical (unpaired) electrons. The lowest BCUT2D eigenvalue weighted by Gasteiger charge is -2.34. The van der Waals surface area contributed by atoms with Gasteiger partial charge in [-0.2, -0.15) is 0 Å². The lowest BCUT2D eigenvalue weighted by Crippen LogP contribution is -2.43. The highest BCUT2D eigenvalue weighted by Gasteiger charge is 2.27. The number of amides is 1. The molecule has 2 rings (SSSR count). The Morgan fingerprint density at radius 1 is 1.00 bits per heavy atom. The maximum absolute atomic E-state index is 12.2. The number of piperidine rings is 2. The van der Waals surface area contributed by atoms with Gasteiger partial charge in [-0.05, 0) is 52.2 Å². The Bertz CT molecular complexity index is 216. The van der Waals surface area contributed by atoms with E-state index in [4.69, 9.17) is 0 Å². The van der Waals surface area contributed by atoms with Crippen LogP contribution in [0.1, 0.15) is 32.1 Å². The molecular formula is C12H22N2O. The summed E-state index contributed by atoms with van der Waals surface area (Å²) >= 11 is 0. The van der Waals surface area contributed by atoms with Gasteiger partial charge in [0.15, 0.2) is 0 Å². The zero-order valence-corrected chi connectivity index (χ0v) is 9.74. The lowest BCUT2D eigenvalue weighted by molar-refractivity contribution is -0.137. The number of carbonyl (C=O) groups excluding carboxylic acids is 1. The third-order valence-electron chi connectivity index (χ3n) is 3.74. The van der Waals surface area contributed by atoms with Gasteiger partial charge in [0.25, 0.3) is 0 Å². The first-order chi connectivity index (χ1) is 7.27. The molecule has 2 heterocycles. The Hall–Kier alpha value is -0.570. The highest BCUT2D eigenvalue weighted by Crippen LogP contribution is 2.20. The van der Waals surface area contributed by atoms with Crippen LogP contribution in [0.15, 0.2) is 0 Å². The first kappa shape index (κ1) is 10.9. The van der Waals surface area contributed by atoms with Crippen LogP contribution in [0, 0.1) is 5.92 Å². The van der Waals surface area contributed by atoms with Gasteiger partial charge in [-0.1, -0.05) is 0 Å². The number of nitrogens with zero attached hydrogens (tertiary/aromatic N) is 2. The second-order valence-electron chi connectivity index (χ2n) is 4.96. The fourth-order valence-corrected chi connectivity index (χ4v) is 2.63. The largest absolute Gasteiger partial charge is 0.342 e. The van der Waals surface area contributed by atoms with E-state index in [1.807, 2.05) is 0 Å². The van der Waals surface area contributed by atoms with E-state index in [-0.39, 0.29) is 0 Å². The monoisotopic (exact) mass is 210 g/mol. The first-order valence-electron chi connectivity index (χ1n) is 6.25. The Morgan fingerprint density at radius 2 is 1.60 bits per heavy atom. The Morgan fingerprint density at radius 3 is 2.20 bits per heavy atom. The predicted octanol–water partition coefficient (Wildman–Crippen LogP) is 1.34. The number of hydrogen-bond donors (Lipinski definition) is 0. The van der Waals surface area contributed by atoms with E-state index in [1.165, 1.54) is 19.3 Å². The van der Waals surface area contributed by atoms with Crippen molar-refractivity contribution in [2.24, 2.45) is 5.92 Å². The van der Waals surface area contributed by atoms with E-state index >= 15 is 0 Å². The van der Waals surface area contributed by atoms with Gasteiger partial charge < -0.3 is 9.80 Å². The summed E-state index contributed by atoms with van der Waals surface area (Å²) in [7, 11) is 2.14. The molecule has 0 unspecified atom stereocenters. The van der Waals surface area contributed by atoms with Crippen molar-refractivity contribution in [2.45, 2.75) is 32.1 Å². The van der Waals surface area contributed by atoms with Crippen molar-refractivity contribution >= 4 is 5.91 Å². The van der Waals surface area contributed by atoms with E-state index in [0.29, 0.717) is 11.8 Å². The average Bonchev–Trinajstić information content (AvgIpc) is 2.30. The molecule has 2 aliphatic heterocycles. The van der Waals surface area contributed by atoms with Crippen LogP contribution < -0.4 is 0 Å². The third kappa shape index (κ3) is 2.71. The van der Waals surface area contributed by atoms with Crippen LogP contribution in [0.2, 0.25) is 0 Å². The molecule has 0 aliphatic carbocycles. The fourth-order valence-electron chi connectivity index (χ4n) is 2.63. The fraction of sp³-hybridized carbons (Fsp3) is 0.917. The minimum atomic E-state index is 0.319. The summed E-state index contributed by atoms with van der Waals surface area (Å²) in [5.74, 6) is 0.752. The van der Waals surface area contributed by atoms with Gasteiger partial charge in [0, 0.05) is 19.0 Å². The number of hydrogen-bond acceptors (Lipinski definition) is 2. The number of likely N-dealkylation sites (tertiary alicyclic amines) is 2. The van der Waals surface area contributed by atoms with Crippen molar-refractivity contribution in [2.75, 3.05) is 33.2 Å². The van der Waals surface area contributed by atoms with Crippen molar-refractivity contribution in [3.05, 3.63) is 0 Å². The van der Waals surface area contributed by atoms with Crippen LogP contribution in [0.25, 0.3) is 0 Å². The Balaban J connectivity index is 1.84. The van der Waals surface area contributed by atoms with Crippen LogP contribution in [0.3, 0.4) is 0 Å². The molecular weight excluding hydrogens is 188 g/mol. The van der Waals surface area contributed by atoms with Gasteiger partial charge in [-0.3, -0.25) is 4.79 Å². The summed E-state index contributed by atoms with van der Waals surface area (Å²) in [4.78, 5) is 16.6. The molecule has 86 valence electrons. The topological polar surface area (TPSA) is 23.6 Å². The molecule has 0 bridgehead atoms. The maximum atomic E-state index is 12.2. The molecule has 2 fully saturated rings.